The lowest BCUT2D eigenvalue weighted by atomic mass is 10.1. The summed E-state index contributed by atoms with van der Waals surface area (Å²) in [5, 5.41) is 13.3. The molecular formula is C14H21ClN2O. The zero-order valence-electron chi connectivity index (χ0n) is 10.8. The van der Waals surface area contributed by atoms with Crippen LogP contribution in [0.1, 0.15) is 26.2 Å². The van der Waals surface area contributed by atoms with Crippen molar-refractivity contribution in [3.8, 4) is 5.75 Å². The predicted molar refractivity (Wildman–Crippen MR) is 76.5 cm³/mol. The molecule has 2 N–H and O–H groups in total. The van der Waals surface area contributed by atoms with Gasteiger partial charge in [-0.15, -0.1) is 0 Å². The molecule has 1 aliphatic heterocycles. The van der Waals surface area contributed by atoms with Crippen LogP contribution in [-0.4, -0.2) is 35.7 Å². The van der Waals surface area contributed by atoms with E-state index in [-0.39, 0.29) is 5.75 Å². The van der Waals surface area contributed by atoms with Gasteiger partial charge in [0.25, 0.3) is 0 Å². The molecule has 0 amide bonds. The summed E-state index contributed by atoms with van der Waals surface area (Å²) < 4.78 is 0. The van der Waals surface area contributed by atoms with Gasteiger partial charge in [0.1, 0.15) is 5.75 Å². The Morgan fingerprint density at radius 2 is 2.22 bits per heavy atom. The monoisotopic (exact) mass is 268 g/mol. The smallest absolute Gasteiger partial charge is 0.134 e. The van der Waals surface area contributed by atoms with Gasteiger partial charge in [0.15, 0.2) is 0 Å². The molecule has 4 heteroatoms. The third-order valence-corrected chi connectivity index (χ3v) is 3.89. The van der Waals surface area contributed by atoms with Gasteiger partial charge in [-0.2, -0.15) is 0 Å². The Bertz CT molecular complexity index is 397. The van der Waals surface area contributed by atoms with Crippen molar-refractivity contribution in [1.82, 2.24) is 4.90 Å². The summed E-state index contributed by atoms with van der Waals surface area (Å²) in [6.45, 7) is 5.70. The number of phenolic OH excluding ortho intramolecular Hbond substituents is 1. The van der Waals surface area contributed by atoms with Gasteiger partial charge < -0.3 is 15.3 Å². The van der Waals surface area contributed by atoms with E-state index in [9.17, 15) is 5.11 Å². The number of hydrogen-bond acceptors (Lipinski definition) is 3. The molecule has 1 unspecified atom stereocenters. The highest BCUT2D eigenvalue weighted by molar-refractivity contribution is 6.32. The Balaban J connectivity index is 1.94. The lowest BCUT2D eigenvalue weighted by Crippen LogP contribution is -2.26. The van der Waals surface area contributed by atoms with Crippen LogP contribution in [0.2, 0.25) is 5.02 Å². The molecule has 18 heavy (non-hydrogen) atoms. The minimum absolute atomic E-state index is 0.139. The molecule has 0 saturated carbocycles. The van der Waals surface area contributed by atoms with Gasteiger partial charge in [0.05, 0.1) is 5.02 Å². The highest BCUT2D eigenvalue weighted by Crippen LogP contribution is 2.27. The maximum atomic E-state index is 9.39. The average Bonchev–Trinajstić information content (AvgIpc) is 2.59. The molecule has 0 aromatic heterocycles. The zero-order chi connectivity index (χ0) is 13.0. The van der Waals surface area contributed by atoms with Crippen molar-refractivity contribution in [1.29, 1.82) is 0 Å². The number of anilines is 1. The number of aromatic hydroxyl groups is 1. The summed E-state index contributed by atoms with van der Waals surface area (Å²) in [4.78, 5) is 2.49. The fourth-order valence-electron chi connectivity index (χ4n) is 2.45. The molecular weight excluding hydrogens is 248 g/mol. The second kappa shape index (κ2) is 6.30. The second-order valence-electron chi connectivity index (χ2n) is 4.87. The van der Waals surface area contributed by atoms with Crippen LogP contribution < -0.4 is 5.32 Å². The molecule has 1 aliphatic rings. The summed E-state index contributed by atoms with van der Waals surface area (Å²) in [5.74, 6) is 0.139. The van der Waals surface area contributed by atoms with Crippen LogP contribution in [0.4, 0.5) is 5.69 Å². The summed E-state index contributed by atoms with van der Waals surface area (Å²) in [7, 11) is 0. The van der Waals surface area contributed by atoms with Crippen LogP contribution in [0.25, 0.3) is 0 Å². The fourth-order valence-corrected chi connectivity index (χ4v) is 2.63. The van der Waals surface area contributed by atoms with E-state index >= 15 is 0 Å². The molecule has 2 rings (SSSR count). The minimum Gasteiger partial charge on any atom is -0.506 e. The van der Waals surface area contributed by atoms with Crippen LogP contribution >= 0.6 is 11.6 Å². The van der Waals surface area contributed by atoms with Crippen LogP contribution in [0.5, 0.6) is 5.75 Å². The molecule has 1 saturated heterocycles. The topological polar surface area (TPSA) is 35.5 Å². The summed E-state index contributed by atoms with van der Waals surface area (Å²) in [6.07, 6.45) is 3.58. The van der Waals surface area contributed by atoms with Crippen molar-refractivity contribution >= 4 is 17.3 Å². The Kier molecular flexibility index (Phi) is 4.72. The summed E-state index contributed by atoms with van der Waals surface area (Å²) >= 11 is 5.91. The number of phenols is 1. The number of nitrogens with zero attached hydrogens (tertiary/aromatic N) is 1. The highest BCUT2D eigenvalue weighted by Gasteiger charge is 2.15. The first-order valence-electron chi connectivity index (χ1n) is 6.66. The molecule has 0 aliphatic carbocycles. The van der Waals surface area contributed by atoms with E-state index in [4.69, 9.17) is 11.6 Å². The van der Waals surface area contributed by atoms with E-state index in [1.165, 1.54) is 19.4 Å². The van der Waals surface area contributed by atoms with Crippen molar-refractivity contribution in [3.05, 3.63) is 23.2 Å². The SMILES string of the molecule is CCN1CCCC(Nc2ccc(O)c(Cl)c2)CC1. The molecule has 0 radical (unpaired) electrons. The summed E-state index contributed by atoms with van der Waals surface area (Å²) in [6, 6.07) is 5.81. The molecule has 0 spiro atoms. The third-order valence-electron chi connectivity index (χ3n) is 3.59. The third kappa shape index (κ3) is 3.53. The first-order valence-corrected chi connectivity index (χ1v) is 7.04. The molecule has 0 bridgehead atoms. The van der Waals surface area contributed by atoms with Crippen LogP contribution in [0.3, 0.4) is 0 Å². The van der Waals surface area contributed by atoms with E-state index in [2.05, 4.69) is 17.1 Å². The van der Waals surface area contributed by atoms with E-state index in [0.717, 1.165) is 25.2 Å². The molecule has 100 valence electrons. The lowest BCUT2D eigenvalue weighted by Gasteiger charge is -2.19. The maximum Gasteiger partial charge on any atom is 0.134 e. The van der Waals surface area contributed by atoms with Gasteiger partial charge in [-0.25, -0.2) is 0 Å². The van der Waals surface area contributed by atoms with Crippen molar-refractivity contribution < 1.29 is 5.11 Å². The second-order valence-corrected chi connectivity index (χ2v) is 5.28. The Morgan fingerprint density at radius 1 is 1.39 bits per heavy atom. The van der Waals surface area contributed by atoms with Gasteiger partial charge in [0, 0.05) is 18.3 Å². The van der Waals surface area contributed by atoms with Crippen molar-refractivity contribution in [2.75, 3.05) is 25.0 Å². The average molecular weight is 269 g/mol. The van der Waals surface area contributed by atoms with E-state index < -0.39 is 0 Å². The van der Waals surface area contributed by atoms with Crippen molar-refractivity contribution in [2.45, 2.75) is 32.2 Å². The fraction of sp³-hybridized carbons (Fsp3) is 0.571. The first-order chi connectivity index (χ1) is 8.69. The number of hydrogen-bond donors (Lipinski definition) is 2. The Morgan fingerprint density at radius 3 is 2.94 bits per heavy atom. The lowest BCUT2D eigenvalue weighted by molar-refractivity contribution is 0.300. The standard InChI is InChI=1S/C14H21ClN2O/c1-2-17-8-3-4-11(7-9-17)16-12-5-6-14(18)13(15)10-12/h5-6,10-11,16,18H,2-4,7-9H2,1H3. The molecule has 1 fully saturated rings. The largest absolute Gasteiger partial charge is 0.506 e. The molecule has 3 nitrogen and oxygen atoms in total. The number of rotatable bonds is 3. The minimum atomic E-state index is 0.139. The molecule has 1 aromatic rings. The highest BCUT2D eigenvalue weighted by atomic mass is 35.5. The van der Waals surface area contributed by atoms with E-state index in [1.54, 1.807) is 12.1 Å². The van der Waals surface area contributed by atoms with Crippen LogP contribution in [-0.2, 0) is 0 Å². The van der Waals surface area contributed by atoms with Gasteiger partial charge in [-0.3, -0.25) is 0 Å². The van der Waals surface area contributed by atoms with Crippen LogP contribution in [0, 0.1) is 0 Å². The first kappa shape index (κ1) is 13.5. The number of benzene rings is 1. The van der Waals surface area contributed by atoms with Crippen molar-refractivity contribution in [3.63, 3.8) is 0 Å². The van der Waals surface area contributed by atoms with Gasteiger partial charge in [-0.1, -0.05) is 18.5 Å². The van der Waals surface area contributed by atoms with Gasteiger partial charge in [-0.05, 0) is 50.6 Å². The number of halogens is 1. The molecule has 1 aromatic carbocycles. The molecule has 1 heterocycles. The maximum absolute atomic E-state index is 9.39. The Hall–Kier alpha value is -0.930. The summed E-state index contributed by atoms with van der Waals surface area (Å²) in [5.41, 5.74) is 0.993. The quantitative estimate of drug-likeness (QED) is 0.826. The number of nitrogens with one attached hydrogen (secondary N) is 1. The van der Waals surface area contributed by atoms with Crippen LogP contribution in [0.15, 0.2) is 18.2 Å². The number of likely N-dealkylation sites (tertiary alicyclic amines) is 1. The van der Waals surface area contributed by atoms with Gasteiger partial charge in [0.2, 0.25) is 0 Å². The van der Waals surface area contributed by atoms with Crippen molar-refractivity contribution in [2.24, 2.45) is 0 Å². The molecule has 1 atom stereocenters. The van der Waals surface area contributed by atoms with Gasteiger partial charge >= 0.3 is 0 Å². The van der Waals surface area contributed by atoms with E-state index in [0.29, 0.717) is 11.1 Å². The Labute approximate surface area is 114 Å². The predicted octanol–water partition coefficient (Wildman–Crippen LogP) is 3.33. The normalized spacial score (nSPS) is 21.6. The zero-order valence-corrected chi connectivity index (χ0v) is 11.6. The van der Waals surface area contributed by atoms with E-state index in [1.807, 2.05) is 6.07 Å².